The Hall–Kier alpha value is -0.650. The molecule has 1 saturated carbocycles. The van der Waals surface area contributed by atoms with E-state index in [0.717, 1.165) is 25.9 Å². The Balaban J connectivity index is 1.91. The summed E-state index contributed by atoms with van der Waals surface area (Å²) in [5.74, 6) is 0.208. The minimum atomic E-state index is -0.303. The topological polar surface area (TPSA) is 53.0 Å². The quantitative estimate of drug-likeness (QED) is 0.789. The molecule has 2 aliphatic rings. The molecule has 2 rings (SSSR count). The molecule has 1 aliphatic heterocycles. The van der Waals surface area contributed by atoms with E-state index in [0.29, 0.717) is 19.1 Å². The van der Waals surface area contributed by atoms with Crippen LogP contribution in [0.4, 0.5) is 0 Å². The zero-order valence-corrected chi connectivity index (χ0v) is 12.3. The van der Waals surface area contributed by atoms with Crippen molar-refractivity contribution in [2.24, 2.45) is 0 Å². The molecule has 1 saturated heterocycles. The molecular formula is C14H26N2O3. The Morgan fingerprint density at radius 2 is 2.16 bits per heavy atom. The second-order valence-corrected chi connectivity index (χ2v) is 6.26. The van der Waals surface area contributed by atoms with Crippen LogP contribution in [0.1, 0.15) is 33.6 Å². The van der Waals surface area contributed by atoms with E-state index in [1.807, 2.05) is 25.7 Å². The maximum Gasteiger partial charge on any atom is 0.236 e. The highest BCUT2D eigenvalue weighted by Gasteiger charge is 2.36. The lowest BCUT2D eigenvalue weighted by molar-refractivity contribution is -0.156. The Morgan fingerprint density at radius 3 is 2.68 bits per heavy atom. The number of ether oxygens (including phenoxy) is 1. The largest absolute Gasteiger partial charge is 0.394 e. The van der Waals surface area contributed by atoms with Gasteiger partial charge in [0.05, 0.1) is 24.9 Å². The number of amides is 1. The maximum atomic E-state index is 12.3. The van der Waals surface area contributed by atoms with Gasteiger partial charge in [-0.2, -0.15) is 0 Å². The van der Waals surface area contributed by atoms with Crippen LogP contribution < -0.4 is 0 Å². The van der Waals surface area contributed by atoms with Gasteiger partial charge in [0.1, 0.15) is 0 Å². The molecule has 5 heteroatoms. The fourth-order valence-electron chi connectivity index (χ4n) is 2.94. The Bertz CT molecular complexity index is 329. The lowest BCUT2D eigenvalue weighted by Crippen LogP contribution is -2.56. The number of rotatable bonds is 5. The van der Waals surface area contributed by atoms with E-state index in [1.54, 1.807) is 0 Å². The van der Waals surface area contributed by atoms with Gasteiger partial charge < -0.3 is 14.7 Å². The van der Waals surface area contributed by atoms with E-state index in [-0.39, 0.29) is 24.2 Å². The third-order valence-electron chi connectivity index (χ3n) is 3.76. The number of aliphatic hydroxyl groups excluding tert-OH is 1. The standard InChI is InChI=1S/C14H26N2O3/c1-4-16(11-5-6-11)13(18)8-15-7-12(9-17)19-14(2,3)10-15/h11-12,17H,4-10H2,1-3H3. The number of carbonyl (C=O) groups is 1. The maximum absolute atomic E-state index is 12.3. The van der Waals surface area contributed by atoms with Gasteiger partial charge in [-0.3, -0.25) is 9.69 Å². The summed E-state index contributed by atoms with van der Waals surface area (Å²) in [6, 6.07) is 0.472. The molecular weight excluding hydrogens is 244 g/mol. The smallest absolute Gasteiger partial charge is 0.236 e. The lowest BCUT2D eigenvalue weighted by Gasteiger charge is -2.42. The zero-order valence-electron chi connectivity index (χ0n) is 12.3. The van der Waals surface area contributed by atoms with Gasteiger partial charge in [0.15, 0.2) is 0 Å². The van der Waals surface area contributed by atoms with Gasteiger partial charge >= 0.3 is 0 Å². The van der Waals surface area contributed by atoms with Crippen LogP contribution in [0.5, 0.6) is 0 Å². The highest BCUT2D eigenvalue weighted by Crippen LogP contribution is 2.27. The first kappa shape index (κ1) is 14.8. The number of morpholine rings is 1. The van der Waals surface area contributed by atoms with Gasteiger partial charge in [0.25, 0.3) is 0 Å². The number of likely N-dealkylation sites (N-methyl/N-ethyl adjacent to an activating group) is 1. The molecule has 1 aliphatic carbocycles. The third kappa shape index (κ3) is 3.91. The second kappa shape index (κ2) is 5.77. The Morgan fingerprint density at radius 1 is 1.47 bits per heavy atom. The Kier molecular flexibility index (Phi) is 4.48. The van der Waals surface area contributed by atoms with E-state index in [2.05, 4.69) is 4.90 Å². The summed E-state index contributed by atoms with van der Waals surface area (Å²) >= 11 is 0. The van der Waals surface area contributed by atoms with Crippen LogP contribution in [0.3, 0.4) is 0 Å². The van der Waals surface area contributed by atoms with Crippen molar-refractivity contribution >= 4 is 5.91 Å². The highest BCUT2D eigenvalue weighted by molar-refractivity contribution is 5.79. The van der Waals surface area contributed by atoms with E-state index in [1.165, 1.54) is 0 Å². The predicted octanol–water partition coefficient (Wildman–Crippen LogP) is 0.469. The summed E-state index contributed by atoms with van der Waals surface area (Å²) in [6.07, 6.45) is 2.11. The molecule has 19 heavy (non-hydrogen) atoms. The average molecular weight is 270 g/mol. The normalized spacial score (nSPS) is 27.3. The molecule has 2 fully saturated rings. The molecule has 1 heterocycles. The molecule has 0 radical (unpaired) electrons. The molecule has 1 unspecified atom stereocenters. The average Bonchev–Trinajstić information content (AvgIpc) is 3.12. The van der Waals surface area contributed by atoms with Crippen LogP contribution in [0.25, 0.3) is 0 Å². The summed E-state index contributed by atoms with van der Waals surface area (Å²) in [5, 5.41) is 9.28. The molecule has 0 spiro atoms. The lowest BCUT2D eigenvalue weighted by atomic mass is 10.1. The fourth-order valence-corrected chi connectivity index (χ4v) is 2.94. The summed E-state index contributed by atoms with van der Waals surface area (Å²) < 4.78 is 5.76. The Labute approximate surface area is 115 Å². The van der Waals surface area contributed by atoms with Crippen LogP contribution in [0, 0.1) is 0 Å². The number of aliphatic hydroxyl groups is 1. The first-order valence-electron chi connectivity index (χ1n) is 7.25. The first-order chi connectivity index (χ1) is 8.95. The molecule has 1 amide bonds. The summed E-state index contributed by atoms with van der Waals surface area (Å²) in [5.41, 5.74) is -0.303. The summed E-state index contributed by atoms with van der Waals surface area (Å²) in [4.78, 5) is 16.4. The SMILES string of the molecule is CCN(C(=O)CN1CC(CO)OC(C)(C)C1)C1CC1. The highest BCUT2D eigenvalue weighted by atomic mass is 16.5. The van der Waals surface area contributed by atoms with E-state index in [9.17, 15) is 9.90 Å². The van der Waals surface area contributed by atoms with Crippen LogP contribution in [-0.2, 0) is 9.53 Å². The van der Waals surface area contributed by atoms with Crippen molar-refractivity contribution in [3.63, 3.8) is 0 Å². The molecule has 1 N–H and O–H groups in total. The first-order valence-corrected chi connectivity index (χ1v) is 7.25. The van der Waals surface area contributed by atoms with Crippen molar-refractivity contribution in [3.8, 4) is 0 Å². The van der Waals surface area contributed by atoms with Gasteiger partial charge in [-0.25, -0.2) is 0 Å². The van der Waals surface area contributed by atoms with E-state index >= 15 is 0 Å². The van der Waals surface area contributed by atoms with Gasteiger partial charge in [0, 0.05) is 25.7 Å². The van der Waals surface area contributed by atoms with Gasteiger partial charge in [-0.05, 0) is 33.6 Å². The van der Waals surface area contributed by atoms with Crippen molar-refractivity contribution in [2.45, 2.75) is 51.4 Å². The molecule has 1 atom stereocenters. The molecule has 0 aromatic heterocycles. The molecule has 0 aromatic rings. The van der Waals surface area contributed by atoms with Crippen LogP contribution in [-0.4, -0.2) is 71.3 Å². The number of hydrogen-bond acceptors (Lipinski definition) is 4. The molecule has 5 nitrogen and oxygen atoms in total. The minimum absolute atomic E-state index is 0.00817. The fraction of sp³-hybridized carbons (Fsp3) is 0.929. The van der Waals surface area contributed by atoms with Crippen LogP contribution >= 0.6 is 0 Å². The number of nitrogens with zero attached hydrogens (tertiary/aromatic N) is 2. The van der Waals surface area contributed by atoms with Gasteiger partial charge in [-0.15, -0.1) is 0 Å². The van der Waals surface area contributed by atoms with Crippen molar-refractivity contribution in [1.29, 1.82) is 0 Å². The summed E-state index contributed by atoms with van der Waals surface area (Å²) in [7, 11) is 0. The number of hydrogen-bond donors (Lipinski definition) is 1. The van der Waals surface area contributed by atoms with Crippen molar-refractivity contribution in [1.82, 2.24) is 9.80 Å². The number of carbonyl (C=O) groups excluding carboxylic acids is 1. The molecule has 0 aromatic carbocycles. The minimum Gasteiger partial charge on any atom is -0.394 e. The van der Waals surface area contributed by atoms with Crippen LogP contribution in [0.2, 0.25) is 0 Å². The van der Waals surface area contributed by atoms with Crippen molar-refractivity contribution in [3.05, 3.63) is 0 Å². The predicted molar refractivity (Wildman–Crippen MR) is 72.9 cm³/mol. The zero-order chi connectivity index (χ0) is 14.0. The monoisotopic (exact) mass is 270 g/mol. The summed E-state index contributed by atoms with van der Waals surface area (Å²) in [6.45, 7) is 8.65. The molecule has 0 bridgehead atoms. The van der Waals surface area contributed by atoms with Gasteiger partial charge in [-0.1, -0.05) is 0 Å². The molecule has 110 valence electrons. The van der Waals surface area contributed by atoms with Crippen molar-refractivity contribution < 1.29 is 14.6 Å². The third-order valence-corrected chi connectivity index (χ3v) is 3.76. The van der Waals surface area contributed by atoms with E-state index < -0.39 is 0 Å². The van der Waals surface area contributed by atoms with Gasteiger partial charge in [0.2, 0.25) is 5.91 Å². The van der Waals surface area contributed by atoms with Crippen LogP contribution in [0.15, 0.2) is 0 Å². The van der Waals surface area contributed by atoms with Crippen molar-refractivity contribution in [2.75, 3.05) is 32.8 Å². The van der Waals surface area contributed by atoms with E-state index in [4.69, 9.17) is 4.74 Å². The second-order valence-electron chi connectivity index (χ2n) is 6.26.